The number of hydrogen-bond donors (Lipinski definition) is 1. The van der Waals surface area contributed by atoms with Crippen LogP contribution in [0.3, 0.4) is 0 Å². The molecule has 0 aliphatic carbocycles. The average molecular weight is 325 g/mol. The highest BCUT2D eigenvalue weighted by Crippen LogP contribution is 2.38. The first-order chi connectivity index (χ1) is 11.6. The molecule has 126 valence electrons. The molecule has 4 rings (SSSR count). The number of fused-ring (bicyclic) bond motifs is 1. The molecule has 2 aliphatic heterocycles. The number of aromatic nitrogens is 1. The van der Waals surface area contributed by atoms with Crippen molar-refractivity contribution in [2.24, 2.45) is 5.41 Å². The van der Waals surface area contributed by atoms with E-state index < -0.39 is 0 Å². The zero-order valence-electron chi connectivity index (χ0n) is 14.0. The number of nitrogens with one attached hydrogen (secondary N) is 1. The molecular weight excluding hydrogens is 302 g/mol. The lowest BCUT2D eigenvalue weighted by molar-refractivity contribution is -0.119. The average Bonchev–Trinajstić information content (AvgIpc) is 3.16. The van der Waals surface area contributed by atoms with Gasteiger partial charge in [0.25, 0.3) is 5.91 Å². The molecule has 2 aromatic rings. The summed E-state index contributed by atoms with van der Waals surface area (Å²) >= 11 is 0. The maximum Gasteiger partial charge on any atom is 0.256 e. The number of likely N-dealkylation sites (tertiary alicyclic amines) is 1. The molecule has 0 atom stereocenters. The minimum absolute atomic E-state index is 0.0747. The van der Waals surface area contributed by atoms with Crippen molar-refractivity contribution in [3.63, 3.8) is 0 Å². The standard InChI is InChI=1S/C19H23N3O2/c1-2-21-12-15(14-5-3-4-6-16(14)21)18(24)22-9-7-19(8-10-22)11-17(23)20-13-19/h3-6,12H,2,7-11,13H2,1H3,(H,20,23). The minimum Gasteiger partial charge on any atom is -0.356 e. The highest BCUT2D eigenvalue weighted by molar-refractivity contribution is 6.07. The van der Waals surface area contributed by atoms with Crippen LogP contribution < -0.4 is 5.32 Å². The van der Waals surface area contributed by atoms with Gasteiger partial charge in [-0.2, -0.15) is 0 Å². The normalized spacial score (nSPS) is 19.9. The Morgan fingerprint density at radius 1 is 1.25 bits per heavy atom. The number of carbonyl (C=O) groups excluding carboxylic acids is 2. The second-order valence-electron chi connectivity index (χ2n) is 7.09. The first kappa shape index (κ1) is 15.2. The van der Waals surface area contributed by atoms with Crippen molar-refractivity contribution >= 4 is 22.7 Å². The molecule has 5 heteroatoms. The molecule has 1 aromatic carbocycles. The first-order valence-corrected chi connectivity index (χ1v) is 8.76. The van der Waals surface area contributed by atoms with Crippen LogP contribution in [0.25, 0.3) is 10.9 Å². The van der Waals surface area contributed by atoms with E-state index in [9.17, 15) is 9.59 Å². The molecule has 0 saturated carbocycles. The Morgan fingerprint density at radius 3 is 2.67 bits per heavy atom. The number of aryl methyl sites for hydroxylation is 1. The van der Waals surface area contributed by atoms with Gasteiger partial charge in [0, 0.05) is 49.7 Å². The number of benzene rings is 1. The van der Waals surface area contributed by atoms with Crippen LogP contribution in [0, 0.1) is 5.41 Å². The summed E-state index contributed by atoms with van der Waals surface area (Å²) in [4.78, 5) is 26.5. The van der Waals surface area contributed by atoms with Crippen molar-refractivity contribution in [2.45, 2.75) is 32.7 Å². The van der Waals surface area contributed by atoms with Crippen LogP contribution in [-0.4, -0.2) is 40.9 Å². The molecule has 0 unspecified atom stereocenters. The van der Waals surface area contributed by atoms with E-state index in [1.807, 2.05) is 29.3 Å². The van der Waals surface area contributed by atoms with E-state index in [0.29, 0.717) is 6.42 Å². The Bertz CT molecular complexity index is 800. The summed E-state index contributed by atoms with van der Waals surface area (Å²) < 4.78 is 2.13. The maximum absolute atomic E-state index is 13.0. The van der Waals surface area contributed by atoms with Gasteiger partial charge in [-0.3, -0.25) is 9.59 Å². The number of hydrogen-bond acceptors (Lipinski definition) is 2. The van der Waals surface area contributed by atoms with E-state index in [0.717, 1.165) is 55.5 Å². The largest absolute Gasteiger partial charge is 0.356 e. The van der Waals surface area contributed by atoms with Crippen LogP contribution in [-0.2, 0) is 11.3 Å². The summed E-state index contributed by atoms with van der Waals surface area (Å²) in [5.74, 6) is 0.270. The predicted molar refractivity (Wildman–Crippen MR) is 92.8 cm³/mol. The van der Waals surface area contributed by atoms with Gasteiger partial charge < -0.3 is 14.8 Å². The number of piperidine rings is 1. The second kappa shape index (κ2) is 5.65. The van der Waals surface area contributed by atoms with Crippen molar-refractivity contribution in [3.8, 4) is 0 Å². The van der Waals surface area contributed by atoms with E-state index >= 15 is 0 Å². The van der Waals surface area contributed by atoms with Crippen molar-refractivity contribution in [1.82, 2.24) is 14.8 Å². The number of para-hydroxylation sites is 1. The minimum atomic E-state index is 0.0747. The topological polar surface area (TPSA) is 54.3 Å². The van der Waals surface area contributed by atoms with Gasteiger partial charge in [-0.1, -0.05) is 18.2 Å². The van der Waals surface area contributed by atoms with Gasteiger partial charge in [0.1, 0.15) is 0 Å². The van der Waals surface area contributed by atoms with Crippen LogP contribution >= 0.6 is 0 Å². The van der Waals surface area contributed by atoms with E-state index in [1.54, 1.807) is 0 Å². The van der Waals surface area contributed by atoms with Gasteiger partial charge in [-0.25, -0.2) is 0 Å². The molecule has 1 spiro atoms. The Morgan fingerprint density at radius 2 is 2.00 bits per heavy atom. The smallest absolute Gasteiger partial charge is 0.256 e. The molecular formula is C19H23N3O2. The Labute approximate surface area is 141 Å². The summed E-state index contributed by atoms with van der Waals surface area (Å²) in [7, 11) is 0. The summed E-state index contributed by atoms with van der Waals surface area (Å²) in [5, 5.41) is 3.98. The lowest BCUT2D eigenvalue weighted by Gasteiger charge is -2.38. The third-order valence-electron chi connectivity index (χ3n) is 5.67. The molecule has 24 heavy (non-hydrogen) atoms. The number of carbonyl (C=O) groups is 2. The fourth-order valence-electron chi connectivity index (χ4n) is 4.14. The molecule has 3 heterocycles. The summed E-state index contributed by atoms with van der Waals surface area (Å²) in [6, 6.07) is 8.09. The number of amides is 2. The van der Waals surface area contributed by atoms with Gasteiger partial charge >= 0.3 is 0 Å². The van der Waals surface area contributed by atoms with Crippen LogP contribution in [0.15, 0.2) is 30.5 Å². The van der Waals surface area contributed by atoms with Crippen molar-refractivity contribution in [3.05, 3.63) is 36.0 Å². The molecule has 1 N–H and O–H groups in total. The van der Waals surface area contributed by atoms with E-state index in [4.69, 9.17) is 0 Å². The van der Waals surface area contributed by atoms with Gasteiger partial charge in [-0.15, -0.1) is 0 Å². The SMILES string of the molecule is CCn1cc(C(=O)N2CCC3(CC2)CNC(=O)C3)c2ccccc21. The molecule has 2 fully saturated rings. The maximum atomic E-state index is 13.0. The molecule has 1 aromatic heterocycles. The van der Waals surface area contributed by atoms with Crippen LogP contribution in [0.5, 0.6) is 0 Å². The first-order valence-electron chi connectivity index (χ1n) is 8.76. The zero-order chi connectivity index (χ0) is 16.7. The van der Waals surface area contributed by atoms with Crippen LogP contribution in [0.2, 0.25) is 0 Å². The summed E-state index contributed by atoms with van der Waals surface area (Å²) in [5.41, 5.74) is 1.98. The fraction of sp³-hybridized carbons (Fsp3) is 0.474. The lowest BCUT2D eigenvalue weighted by Crippen LogP contribution is -2.44. The fourth-order valence-corrected chi connectivity index (χ4v) is 4.14. The monoisotopic (exact) mass is 325 g/mol. The zero-order valence-corrected chi connectivity index (χ0v) is 14.0. The van der Waals surface area contributed by atoms with Gasteiger partial charge in [0.15, 0.2) is 0 Å². The van der Waals surface area contributed by atoms with Crippen molar-refractivity contribution in [1.29, 1.82) is 0 Å². The van der Waals surface area contributed by atoms with Crippen LogP contribution in [0.1, 0.15) is 36.5 Å². The Balaban J connectivity index is 1.56. The Kier molecular flexibility index (Phi) is 3.59. The highest BCUT2D eigenvalue weighted by atomic mass is 16.2. The lowest BCUT2D eigenvalue weighted by atomic mass is 9.77. The molecule has 2 saturated heterocycles. The van der Waals surface area contributed by atoms with Gasteiger partial charge in [0.05, 0.1) is 5.56 Å². The van der Waals surface area contributed by atoms with Gasteiger partial charge in [-0.05, 0) is 31.2 Å². The quantitative estimate of drug-likeness (QED) is 0.922. The summed E-state index contributed by atoms with van der Waals surface area (Å²) in [6.45, 7) is 5.18. The third kappa shape index (κ3) is 2.39. The molecule has 5 nitrogen and oxygen atoms in total. The van der Waals surface area contributed by atoms with E-state index in [1.165, 1.54) is 0 Å². The highest BCUT2D eigenvalue weighted by Gasteiger charge is 2.41. The molecule has 0 bridgehead atoms. The third-order valence-corrected chi connectivity index (χ3v) is 5.67. The van der Waals surface area contributed by atoms with Gasteiger partial charge in [0.2, 0.25) is 5.91 Å². The van der Waals surface area contributed by atoms with E-state index in [-0.39, 0.29) is 17.2 Å². The second-order valence-corrected chi connectivity index (χ2v) is 7.09. The summed E-state index contributed by atoms with van der Waals surface area (Å²) in [6.07, 6.45) is 4.41. The molecule has 0 radical (unpaired) electrons. The predicted octanol–water partition coefficient (Wildman–Crippen LogP) is 2.40. The van der Waals surface area contributed by atoms with Crippen molar-refractivity contribution in [2.75, 3.05) is 19.6 Å². The van der Waals surface area contributed by atoms with E-state index in [2.05, 4.69) is 22.9 Å². The molecule has 2 amide bonds. The molecule has 2 aliphatic rings. The Hall–Kier alpha value is -2.30. The van der Waals surface area contributed by atoms with Crippen molar-refractivity contribution < 1.29 is 9.59 Å². The van der Waals surface area contributed by atoms with Crippen LogP contribution in [0.4, 0.5) is 0 Å². The number of rotatable bonds is 2. The number of nitrogens with zero attached hydrogens (tertiary/aromatic N) is 2.